The summed E-state index contributed by atoms with van der Waals surface area (Å²) in [5, 5.41) is 5.31. The maximum Gasteiger partial charge on any atom is -0.0279 e. The third-order valence-electron chi connectivity index (χ3n) is 5.53. The summed E-state index contributed by atoms with van der Waals surface area (Å²) < 4.78 is 0. The molecule has 0 heterocycles. The summed E-state index contributed by atoms with van der Waals surface area (Å²) in [6.45, 7) is 4.66. The van der Waals surface area contributed by atoms with Crippen molar-refractivity contribution in [3.63, 3.8) is 0 Å². The molecule has 0 radical (unpaired) electrons. The van der Waals surface area contributed by atoms with Crippen LogP contribution in [0.5, 0.6) is 0 Å². The summed E-state index contributed by atoms with van der Waals surface area (Å²) in [6, 6.07) is 46.8. The number of fused-ring (bicyclic) bond motifs is 2. The SMILES string of the molecule is C[Si](C)=[Hf+2].[Cl-].[Cl-].c1ccc(-c2cccc3[cH-]ccc23)cc1.c1ccc(-c2cccc3[cH-]ccc23)cc1. The van der Waals surface area contributed by atoms with Crippen molar-refractivity contribution < 1.29 is 47.8 Å². The molecule has 0 aliphatic carbocycles. The largest absolute Gasteiger partial charge is 1.00 e. The molecule has 6 rings (SSSR count). The van der Waals surface area contributed by atoms with Crippen LogP contribution in [0.2, 0.25) is 13.1 Å². The molecule has 0 saturated heterocycles. The van der Waals surface area contributed by atoms with E-state index in [4.69, 9.17) is 0 Å². The van der Waals surface area contributed by atoms with Crippen LogP contribution in [0, 0.1) is 0 Å². The summed E-state index contributed by atoms with van der Waals surface area (Å²) in [6.07, 6.45) is 0. The summed E-state index contributed by atoms with van der Waals surface area (Å²) in [5.41, 5.74) is 5.47. The molecule has 0 bridgehead atoms. The van der Waals surface area contributed by atoms with Gasteiger partial charge in [-0.15, -0.1) is 57.9 Å². The third-order valence-corrected chi connectivity index (χ3v) is 5.53. The fourth-order valence-electron chi connectivity index (χ4n) is 4.06. The van der Waals surface area contributed by atoms with E-state index in [9.17, 15) is 0 Å². The van der Waals surface area contributed by atoms with E-state index in [-0.39, 0.29) is 30.3 Å². The molecule has 6 aromatic carbocycles. The van der Waals surface area contributed by atoms with Gasteiger partial charge in [0.05, 0.1) is 0 Å². The molecule has 0 nitrogen and oxygen atoms in total. The molecule has 0 aliphatic heterocycles. The second-order valence-electron chi connectivity index (χ2n) is 8.40. The van der Waals surface area contributed by atoms with Crippen molar-refractivity contribution >= 4 is 27.0 Å². The summed E-state index contributed by atoms with van der Waals surface area (Å²) in [5.74, 6) is 0. The molecule has 36 heavy (non-hydrogen) atoms. The number of halogens is 2. The Labute approximate surface area is 242 Å². The van der Waals surface area contributed by atoms with Gasteiger partial charge in [0.15, 0.2) is 0 Å². The quantitative estimate of drug-likeness (QED) is 0.194. The second kappa shape index (κ2) is 15.1. The predicted octanol–water partition coefficient (Wildman–Crippen LogP) is 3.24. The van der Waals surface area contributed by atoms with Crippen LogP contribution in [0.15, 0.2) is 133 Å². The third kappa shape index (κ3) is 7.88. The summed E-state index contributed by atoms with van der Waals surface area (Å²) >= 11 is 1.45. The van der Waals surface area contributed by atoms with Crippen LogP contribution in [-0.2, 0) is 23.0 Å². The molecule has 0 aromatic heterocycles. The normalized spacial score (nSPS) is 9.67. The van der Waals surface area contributed by atoms with Gasteiger partial charge in [-0.3, -0.25) is 0 Å². The molecular formula is C32H28Cl2HfSi-2. The topological polar surface area (TPSA) is 0 Å². The van der Waals surface area contributed by atoms with Crippen molar-refractivity contribution in [2.45, 2.75) is 13.1 Å². The van der Waals surface area contributed by atoms with Crippen molar-refractivity contribution in [2.75, 3.05) is 0 Å². The zero-order valence-electron chi connectivity index (χ0n) is 20.5. The Morgan fingerprint density at radius 2 is 0.861 bits per heavy atom. The molecule has 0 saturated carbocycles. The molecule has 0 aliphatic rings. The van der Waals surface area contributed by atoms with Crippen molar-refractivity contribution in [2.24, 2.45) is 0 Å². The standard InChI is InChI=1S/2C15H11.C2H6Si.2ClH.Hf/c2*1-2-6-12(7-3-1)14-10-4-8-13-9-5-11-15(13)14;1-3-2;;;/h2*1-11H;1-2H3;2*1H;/q2*-1;;;;+2/p-2. The Balaban J connectivity index is 0.000000211. The predicted molar refractivity (Wildman–Crippen MR) is 147 cm³/mol. The van der Waals surface area contributed by atoms with Crippen LogP contribution in [0.25, 0.3) is 43.8 Å². The number of rotatable bonds is 2. The van der Waals surface area contributed by atoms with Crippen LogP contribution in [0.1, 0.15) is 0 Å². The summed E-state index contributed by atoms with van der Waals surface area (Å²) in [4.78, 5) is 0. The minimum absolute atomic E-state index is 0. The van der Waals surface area contributed by atoms with Crippen LogP contribution in [0.3, 0.4) is 0 Å². The summed E-state index contributed by atoms with van der Waals surface area (Å²) in [7, 11) is 0. The Hall–Kier alpha value is -2.23. The fourth-order valence-corrected chi connectivity index (χ4v) is 4.06. The van der Waals surface area contributed by atoms with Crippen molar-refractivity contribution in [1.82, 2.24) is 0 Å². The minimum Gasteiger partial charge on any atom is -1.00 e. The van der Waals surface area contributed by atoms with Crippen molar-refractivity contribution in [3.05, 3.63) is 133 Å². The molecule has 4 heteroatoms. The van der Waals surface area contributed by atoms with Gasteiger partial charge in [-0.2, -0.15) is 24.3 Å². The Bertz CT molecular complexity index is 1370. The molecule has 0 N–H and O–H groups in total. The Morgan fingerprint density at radius 3 is 1.22 bits per heavy atom. The first kappa shape index (κ1) is 30.0. The van der Waals surface area contributed by atoms with E-state index in [1.54, 1.807) is 0 Å². The molecule has 0 fully saturated rings. The van der Waals surface area contributed by atoms with Crippen LogP contribution < -0.4 is 24.8 Å². The average molecular weight is 690 g/mol. The van der Waals surface area contributed by atoms with Crippen molar-refractivity contribution in [1.29, 1.82) is 0 Å². The zero-order chi connectivity index (χ0) is 23.8. The van der Waals surface area contributed by atoms with E-state index in [1.165, 1.54) is 66.8 Å². The van der Waals surface area contributed by atoms with Gasteiger partial charge in [-0.05, 0) is 11.1 Å². The van der Waals surface area contributed by atoms with Gasteiger partial charge in [0.1, 0.15) is 0 Å². The number of hydrogen-bond donors (Lipinski definition) is 0. The second-order valence-corrected chi connectivity index (χ2v) is 21.2. The Kier molecular flexibility index (Phi) is 12.6. The van der Waals surface area contributed by atoms with E-state index in [1.807, 2.05) is 0 Å². The smallest absolute Gasteiger partial charge is 0.0279 e. The fraction of sp³-hybridized carbons (Fsp3) is 0.0625. The van der Waals surface area contributed by atoms with Gasteiger partial charge < -0.3 is 24.8 Å². The first-order valence-corrected chi connectivity index (χ1v) is 19.4. The molecular weight excluding hydrogens is 662 g/mol. The first-order valence-electron chi connectivity index (χ1n) is 11.5. The molecule has 6 aromatic rings. The maximum atomic E-state index is 2.33. The van der Waals surface area contributed by atoms with Gasteiger partial charge in [0.25, 0.3) is 0 Å². The van der Waals surface area contributed by atoms with E-state index >= 15 is 0 Å². The van der Waals surface area contributed by atoms with Gasteiger partial charge in [-0.1, -0.05) is 83.9 Å². The number of benzene rings is 4. The van der Waals surface area contributed by atoms with Crippen LogP contribution >= 0.6 is 0 Å². The van der Waals surface area contributed by atoms with E-state index in [0.29, 0.717) is 0 Å². The molecule has 0 atom stereocenters. The molecule has 0 spiro atoms. The van der Waals surface area contributed by atoms with Gasteiger partial charge >= 0.3 is 41.6 Å². The van der Waals surface area contributed by atoms with E-state index in [0.717, 1.165) is 0 Å². The average Bonchev–Trinajstić information content (AvgIpc) is 3.54. The molecule has 0 unspecified atom stereocenters. The van der Waals surface area contributed by atoms with Crippen molar-refractivity contribution in [3.8, 4) is 22.3 Å². The van der Waals surface area contributed by atoms with E-state index in [2.05, 4.69) is 147 Å². The van der Waals surface area contributed by atoms with Gasteiger partial charge in [0, 0.05) is 0 Å². The maximum absolute atomic E-state index is 2.33. The minimum atomic E-state index is 0. The monoisotopic (exact) mass is 690 g/mol. The van der Waals surface area contributed by atoms with E-state index < -0.39 is 0 Å². The molecule has 0 amide bonds. The first-order chi connectivity index (χ1) is 16.6. The van der Waals surface area contributed by atoms with Gasteiger partial charge in [-0.25, -0.2) is 0 Å². The van der Waals surface area contributed by atoms with Crippen LogP contribution in [-0.4, -0.2) is 5.49 Å². The number of hydrogen-bond acceptors (Lipinski definition) is 0. The zero-order valence-corrected chi connectivity index (χ0v) is 26.6. The van der Waals surface area contributed by atoms with Crippen LogP contribution in [0.4, 0.5) is 0 Å². The Morgan fingerprint density at radius 1 is 0.500 bits per heavy atom. The van der Waals surface area contributed by atoms with Gasteiger partial charge in [0.2, 0.25) is 0 Å². The molecule has 180 valence electrons.